The lowest BCUT2D eigenvalue weighted by Gasteiger charge is -2.34. The van der Waals surface area contributed by atoms with Gasteiger partial charge in [-0.3, -0.25) is 0 Å². The molecule has 2 atom stereocenters. The molecule has 2 aliphatic heterocycles. The van der Waals surface area contributed by atoms with E-state index in [1.807, 2.05) is 0 Å². The summed E-state index contributed by atoms with van der Waals surface area (Å²) in [5.74, 6) is 1.52. The molecule has 3 heterocycles. The summed E-state index contributed by atoms with van der Waals surface area (Å²) in [6.45, 7) is 7.35. The quantitative estimate of drug-likeness (QED) is 0.921. The van der Waals surface area contributed by atoms with Gasteiger partial charge < -0.3 is 15.0 Å². The molecule has 2 aromatic rings. The van der Waals surface area contributed by atoms with E-state index in [1.165, 1.54) is 23.5 Å². The van der Waals surface area contributed by atoms with E-state index in [4.69, 9.17) is 4.74 Å². The highest BCUT2D eigenvalue weighted by Gasteiger charge is 2.30. The molecule has 0 spiro atoms. The van der Waals surface area contributed by atoms with Gasteiger partial charge in [-0.25, -0.2) is 4.98 Å². The van der Waals surface area contributed by atoms with Gasteiger partial charge in [0.25, 0.3) is 0 Å². The van der Waals surface area contributed by atoms with Gasteiger partial charge in [0.1, 0.15) is 5.75 Å². The molecule has 24 heavy (non-hydrogen) atoms. The number of piperidine rings is 1. The Kier molecular flexibility index (Phi) is 4.46. The van der Waals surface area contributed by atoms with Crippen molar-refractivity contribution in [2.75, 3.05) is 24.6 Å². The minimum absolute atomic E-state index is 0.437. The third-order valence-electron chi connectivity index (χ3n) is 5.21. The maximum atomic E-state index is 5.84. The zero-order valence-corrected chi connectivity index (χ0v) is 15.2. The average Bonchev–Trinajstić information content (AvgIpc) is 3.22. The smallest absolute Gasteiger partial charge is 0.185 e. The van der Waals surface area contributed by atoms with Crippen molar-refractivity contribution in [3.8, 4) is 5.75 Å². The average molecular weight is 343 g/mol. The molecule has 0 radical (unpaired) electrons. The molecule has 5 heteroatoms. The third kappa shape index (κ3) is 3.15. The number of nitrogens with zero attached hydrogens (tertiary/aromatic N) is 2. The van der Waals surface area contributed by atoms with Crippen molar-refractivity contribution in [2.24, 2.45) is 0 Å². The fourth-order valence-electron chi connectivity index (χ4n) is 3.81. The van der Waals surface area contributed by atoms with Crippen molar-refractivity contribution >= 4 is 16.5 Å². The number of fused-ring (bicyclic) bond motifs is 1. The summed E-state index contributed by atoms with van der Waals surface area (Å²) in [6.07, 6.45) is 2.36. The van der Waals surface area contributed by atoms with Gasteiger partial charge in [-0.15, -0.1) is 11.3 Å². The molecule has 1 aromatic heterocycles. The molecular weight excluding hydrogens is 318 g/mol. The lowest BCUT2D eigenvalue weighted by Crippen LogP contribution is -2.47. The summed E-state index contributed by atoms with van der Waals surface area (Å²) >= 11 is 1.76. The molecule has 4 rings (SSSR count). The van der Waals surface area contributed by atoms with Crippen LogP contribution >= 0.6 is 11.3 Å². The normalized spacial score (nSPS) is 22.2. The number of nitrogens with one attached hydrogen (secondary N) is 1. The van der Waals surface area contributed by atoms with Crippen molar-refractivity contribution in [3.63, 3.8) is 0 Å². The van der Waals surface area contributed by atoms with Gasteiger partial charge in [0, 0.05) is 42.0 Å². The number of thiazole rings is 1. The van der Waals surface area contributed by atoms with E-state index in [-0.39, 0.29) is 0 Å². The molecule has 1 fully saturated rings. The largest absolute Gasteiger partial charge is 0.493 e. The Morgan fingerprint density at radius 2 is 2.08 bits per heavy atom. The summed E-state index contributed by atoms with van der Waals surface area (Å²) in [5.41, 5.74) is 2.48. The summed E-state index contributed by atoms with van der Waals surface area (Å²) in [6, 6.07) is 9.48. The first-order valence-corrected chi connectivity index (χ1v) is 9.73. The summed E-state index contributed by atoms with van der Waals surface area (Å²) in [4.78, 5) is 7.04. The summed E-state index contributed by atoms with van der Waals surface area (Å²) < 4.78 is 5.84. The van der Waals surface area contributed by atoms with E-state index in [1.54, 1.807) is 11.3 Å². The Hall–Kier alpha value is -1.59. The monoisotopic (exact) mass is 343 g/mol. The van der Waals surface area contributed by atoms with Crippen LogP contribution in [0.25, 0.3) is 0 Å². The zero-order valence-electron chi connectivity index (χ0n) is 14.4. The van der Waals surface area contributed by atoms with Crippen LogP contribution in [0.1, 0.15) is 36.9 Å². The Bertz CT molecular complexity index is 693. The van der Waals surface area contributed by atoms with Gasteiger partial charge in [0.2, 0.25) is 0 Å². The number of hydrogen-bond donors (Lipinski definition) is 1. The van der Waals surface area contributed by atoms with Crippen LogP contribution in [0.3, 0.4) is 0 Å². The highest BCUT2D eigenvalue weighted by molar-refractivity contribution is 7.13. The molecule has 0 unspecified atom stereocenters. The Morgan fingerprint density at radius 3 is 2.83 bits per heavy atom. The topological polar surface area (TPSA) is 37.4 Å². The first kappa shape index (κ1) is 15.9. The van der Waals surface area contributed by atoms with E-state index in [0.717, 1.165) is 31.1 Å². The van der Waals surface area contributed by atoms with Crippen LogP contribution in [0.5, 0.6) is 5.75 Å². The highest BCUT2D eigenvalue weighted by Crippen LogP contribution is 2.35. The second-order valence-corrected chi connectivity index (χ2v) is 7.78. The standard InChI is InChI=1S/C19H25N3OS/c1-13-12-24-19(20-13)22-9-7-15(8-10-22)21-14(2)17-11-23-18-6-4-3-5-16(17)18/h3-6,12,14-15,17,21H,7-11H2,1-2H3/t14-,17-/m1/s1. The number of aromatic nitrogens is 1. The molecule has 0 amide bonds. The number of para-hydroxylation sites is 1. The predicted octanol–water partition coefficient (Wildman–Crippen LogP) is 3.57. The van der Waals surface area contributed by atoms with E-state index >= 15 is 0 Å². The SMILES string of the molecule is Cc1csc(N2CCC(N[C@H](C)[C@H]3COc4ccccc43)CC2)n1. The van der Waals surface area contributed by atoms with E-state index in [2.05, 4.69) is 58.7 Å². The van der Waals surface area contributed by atoms with E-state index in [9.17, 15) is 0 Å². The third-order valence-corrected chi connectivity index (χ3v) is 6.23. The number of anilines is 1. The van der Waals surface area contributed by atoms with Crippen LogP contribution in [-0.2, 0) is 0 Å². The molecule has 1 N–H and O–H groups in total. The van der Waals surface area contributed by atoms with Crippen molar-refractivity contribution in [3.05, 3.63) is 40.9 Å². The molecular formula is C19H25N3OS. The molecule has 1 saturated heterocycles. The maximum absolute atomic E-state index is 5.84. The fraction of sp³-hybridized carbons (Fsp3) is 0.526. The van der Waals surface area contributed by atoms with Gasteiger partial charge in [-0.1, -0.05) is 18.2 Å². The van der Waals surface area contributed by atoms with Gasteiger partial charge in [0.05, 0.1) is 12.3 Å². The summed E-state index contributed by atoms with van der Waals surface area (Å²) in [5, 5.41) is 7.17. The van der Waals surface area contributed by atoms with Crippen LogP contribution < -0.4 is 15.0 Å². The van der Waals surface area contributed by atoms with Crippen LogP contribution in [-0.4, -0.2) is 36.8 Å². The van der Waals surface area contributed by atoms with Crippen molar-refractivity contribution in [2.45, 2.75) is 44.7 Å². The zero-order chi connectivity index (χ0) is 16.5. The van der Waals surface area contributed by atoms with Gasteiger partial charge >= 0.3 is 0 Å². The minimum Gasteiger partial charge on any atom is -0.493 e. The molecule has 0 aliphatic carbocycles. The van der Waals surface area contributed by atoms with Crippen LogP contribution in [0, 0.1) is 6.92 Å². The van der Waals surface area contributed by atoms with Crippen LogP contribution in [0.15, 0.2) is 29.6 Å². The predicted molar refractivity (Wildman–Crippen MR) is 99.4 cm³/mol. The van der Waals surface area contributed by atoms with Gasteiger partial charge in [0.15, 0.2) is 5.13 Å². The molecule has 2 aliphatic rings. The first-order valence-electron chi connectivity index (χ1n) is 8.85. The second-order valence-electron chi connectivity index (χ2n) is 6.94. The number of hydrogen-bond acceptors (Lipinski definition) is 5. The van der Waals surface area contributed by atoms with Crippen LogP contribution in [0.2, 0.25) is 0 Å². The van der Waals surface area contributed by atoms with E-state index < -0.39 is 0 Å². The number of rotatable bonds is 4. The first-order chi connectivity index (χ1) is 11.7. The number of benzene rings is 1. The van der Waals surface area contributed by atoms with Crippen molar-refractivity contribution in [1.29, 1.82) is 0 Å². The molecule has 0 bridgehead atoms. The number of ether oxygens (including phenoxy) is 1. The lowest BCUT2D eigenvalue weighted by atomic mass is 9.93. The molecule has 128 valence electrons. The molecule has 4 nitrogen and oxygen atoms in total. The Labute approximate surface area is 147 Å². The Morgan fingerprint density at radius 1 is 1.29 bits per heavy atom. The lowest BCUT2D eigenvalue weighted by molar-refractivity contribution is 0.284. The molecule has 1 aromatic carbocycles. The Balaban J connectivity index is 1.32. The molecule has 0 saturated carbocycles. The summed E-state index contributed by atoms with van der Waals surface area (Å²) in [7, 11) is 0. The maximum Gasteiger partial charge on any atom is 0.185 e. The van der Waals surface area contributed by atoms with Crippen molar-refractivity contribution < 1.29 is 4.74 Å². The van der Waals surface area contributed by atoms with E-state index in [0.29, 0.717) is 18.0 Å². The van der Waals surface area contributed by atoms with Gasteiger partial charge in [-0.05, 0) is 32.8 Å². The van der Waals surface area contributed by atoms with Crippen molar-refractivity contribution in [1.82, 2.24) is 10.3 Å². The van der Waals surface area contributed by atoms with Gasteiger partial charge in [-0.2, -0.15) is 0 Å². The highest BCUT2D eigenvalue weighted by atomic mass is 32.1. The van der Waals surface area contributed by atoms with Crippen LogP contribution in [0.4, 0.5) is 5.13 Å². The number of aryl methyl sites for hydroxylation is 1. The minimum atomic E-state index is 0.437. The fourth-order valence-corrected chi connectivity index (χ4v) is 4.67. The second kappa shape index (κ2) is 6.73.